The van der Waals surface area contributed by atoms with E-state index in [2.05, 4.69) is 138 Å². The Bertz CT molecular complexity index is 2680. The first-order valence-corrected chi connectivity index (χ1v) is 19.4. The zero-order valence-corrected chi connectivity index (χ0v) is 30.8. The third kappa shape index (κ3) is 5.86. The smallest absolute Gasteiger partial charge is 0.159 e. The number of rotatable bonds is 6. The molecule has 2 heterocycles. The number of pyridine rings is 1. The van der Waals surface area contributed by atoms with Gasteiger partial charge in [-0.1, -0.05) is 141 Å². The molecule has 1 unspecified atom stereocenters. The fourth-order valence-electron chi connectivity index (χ4n) is 8.94. The highest BCUT2D eigenvalue weighted by molar-refractivity contribution is 6.13. The number of hydrogen-bond donors (Lipinski definition) is 1. The van der Waals surface area contributed by atoms with Gasteiger partial charge in [0.2, 0.25) is 0 Å². The normalized spacial score (nSPS) is 16.4. The second-order valence-electron chi connectivity index (χ2n) is 14.9. The van der Waals surface area contributed by atoms with Gasteiger partial charge in [-0.2, -0.15) is 5.26 Å². The van der Waals surface area contributed by atoms with Crippen molar-refractivity contribution in [3.8, 4) is 50.6 Å². The summed E-state index contributed by atoms with van der Waals surface area (Å²) in [5, 5.41) is 13.4. The molecular weight excluding hydrogens is 683 g/mol. The summed E-state index contributed by atoms with van der Waals surface area (Å²) >= 11 is 0. The molecule has 0 amide bonds. The van der Waals surface area contributed by atoms with Crippen LogP contribution in [0.1, 0.15) is 71.7 Å². The van der Waals surface area contributed by atoms with Crippen molar-refractivity contribution < 1.29 is 0 Å². The third-order valence-electron chi connectivity index (χ3n) is 11.7. The van der Waals surface area contributed by atoms with Crippen LogP contribution in [0.25, 0.3) is 44.5 Å². The standard InChI is InChI=1S/C51H37N5/c52-32-34-17-26-44-46(30-34)51(27-5-2-6-28-51)45-16-8-15-43(47(44)45)41-13-7-12-40(31-41)35-18-22-38(23-19-35)49-54-48(37-10-3-1-4-11-37)55-50(56-49)39-24-20-36(21-25-39)42-14-9-29-53-33-42/h1,3-4,7,9-14,16-26,29-31,33,48H,2,5-6,27-28H2,(H,54,55,56). The van der Waals surface area contributed by atoms with Crippen LogP contribution in [0, 0.1) is 23.5 Å². The summed E-state index contributed by atoms with van der Waals surface area (Å²) in [4.78, 5) is 14.5. The molecule has 6 aromatic carbocycles. The lowest BCUT2D eigenvalue weighted by atomic mass is 9.67. The first kappa shape index (κ1) is 33.5. The number of fused-ring (bicyclic) bond motifs is 5. The van der Waals surface area contributed by atoms with Crippen LogP contribution in [0.3, 0.4) is 0 Å². The van der Waals surface area contributed by atoms with Crippen molar-refractivity contribution in [1.29, 1.82) is 5.26 Å². The van der Waals surface area contributed by atoms with E-state index in [1.165, 1.54) is 41.5 Å². The molecular formula is C51H37N5. The summed E-state index contributed by atoms with van der Waals surface area (Å²) in [6.07, 6.45) is 9.23. The predicted molar refractivity (Wildman–Crippen MR) is 224 cm³/mol. The van der Waals surface area contributed by atoms with Gasteiger partial charge < -0.3 is 5.32 Å². The summed E-state index contributed by atoms with van der Waals surface area (Å²) in [7, 11) is 0. The van der Waals surface area contributed by atoms with E-state index in [-0.39, 0.29) is 11.6 Å². The Kier molecular flexibility index (Phi) is 8.35. The molecule has 0 bridgehead atoms. The van der Waals surface area contributed by atoms with Crippen molar-refractivity contribution in [2.75, 3.05) is 0 Å². The molecule has 1 N–H and O–H groups in total. The quantitative estimate of drug-likeness (QED) is 0.186. The van der Waals surface area contributed by atoms with Crippen LogP contribution >= 0.6 is 0 Å². The minimum atomic E-state index is -0.280. The van der Waals surface area contributed by atoms with Gasteiger partial charge in [0.15, 0.2) is 5.84 Å². The van der Waals surface area contributed by atoms with Crippen molar-refractivity contribution >= 4 is 11.7 Å². The average Bonchev–Trinajstić information content (AvgIpc) is 3.55. The lowest BCUT2D eigenvalue weighted by molar-refractivity contribution is 0.353. The highest BCUT2D eigenvalue weighted by Gasteiger charge is 2.45. The lowest BCUT2D eigenvalue weighted by Crippen LogP contribution is -2.33. The molecule has 1 aliphatic heterocycles. The molecule has 7 aromatic rings. The zero-order valence-electron chi connectivity index (χ0n) is 30.8. The number of amidine groups is 2. The highest BCUT2D eigenvalue weighted by atomic mass is 15.2. The molecule has 56 heavy (non-hydrogen) atoms. The minimum Gasteiger partial charge on any atom is -0.344 e. The number of nitriles is 1. The Hall–Kier alpha value is -7.08. The van der Waals surface area contributed by atoms with Crippen LogP contribution in [0.2, 0.25) is 0 Å². The molecule has 3 aliphatic rings. The van der Waals surface area contributed by atoms with Gasteiger partial charge in [-0.15, -0.1) is 0 Å². The van der Waals surface area contributed by atoms with Gasteiger partial charge >= 0.3 is 0 Å². The molecule has 2 aliphatic carbocycles. The largest absolute Gasteiger partial charge is 0.344 e. The van der Waals surface area contributed by atoms with Gasteiger partial charge in [-0.3, -0.25) is 4.98 Å². The molecule has 0 saturated heterocycles. The van der Waals surface area contributed by atoms with E-state index in [0.29, 0.717) is 5.84 Å². The molecule has 266 valence electrons. The van der Waals surface area contributed by atoms with Crippen molar-refractivity contribution in [3.05, 3.63) is 197 Å². The van der Waals surface area contributed by atoms with Crippen molar-refractivity contribution in [3.63, 3.8) is 0 Å². The summed E-state index contributed by atoms with van der Waals surface area (Å²) in [6, 6.07) is 57.8. The summed E-state index contributed by atoms with van der Waals surface area (Å²) in [6.45, 7) is 0. The van der Waals surface area contributed by atoms with Crippen LogP contribution in [0.15, 0.2) is 162 Å². The molecule has 10 rings (SSSR count). The summed E-state index contributed by atoms with van der Waals surface area (Å²) < 4.78 is 0. The van der Waals surface area contributed by atoms with Gasteiger partial charge in [0.25, 0.3) is 0 Å². The van der Waals surface area contributed by atoms with E-state index in [0.717, 1.165) is 74.3 Å². The number of benzene rings is 5. The monoisotopic (exact) mass is 719 g/mol. The van der Waals surface area contributed by atoms with Gasteiger partial charge in [-0.25, -0.2) is 9.98 Å². The van der Waals surface area contributed by atoms with Gasteiger partial charge in [0.1, 0.15) is 12.0 Å². The number of aromatic nitrogens is 1. The van der Waals surface area contributed by atoms with Crippen molar-refractivity contribution in [2.45, 2.75) is 43.7 Å². The van der Waals surface area contributed by atoms with Gasteiger partial charge in [-0.05, 0) is 93.2 Å². The van der Waals surface area contributed by atoms with E-state index >= 15 is 0 Å². The summed E-state index contributed by atoms with van der Waals surface area (Å²) in [5.74, 6) is 1.46. The highest BCUT2D eigenvalue weighted by Crippen LogP contribution is 2.57. The van der Waals surface area contributed by atoms with Gasteiger partial charge in [0, 0.05) is 40.1 Å². The van der Waals surface area contributed by atoms with Crippen molar-refractivity contribution in [1.82, 2.24) is 10.3 Å². The fourth-order valence-corrected chi connectivity index (χ4v) is 8.94. The van der Waals surface area contributed by atoms with Crippen LogP contribution in [-0.4, -0.2) is 16.7 Å². The SMILES string of the molecule is N#Cc1ccc2c(c1)C1(CCCCC1)c1cc#cc(-c3cccc(-c4ccc(C5=NC(c6ccccc6)NC(c6ccc(-c7cccnc7)cc6)=N5)cc4)c3)c1-2. The number of nitrogens with one attached hydrogen (secondary N) is 1. The lowest BCUT2D eigenvalue weighted by Gasteiger charge is -2.35. The average molecular weight is 720 g/mol. The molecule has 1 fully saturated rings. The number of nitrogens with zero attached hydrogens (tertiary/aromatic N) is 4. The van der Waals surface area contributed by atoms with E-state index < -0.39 is 0 Å². The number of aliphatic imine (C=N–C) groups is 2. The molecule has 1 aromatic heterocycles. The van der Waals surface area contributed by atoms with E-state index in [4.69, 9.17) is 9.98 Å². The van der Waals surface area contributed by atoms with E-state index in [1.54, 1.807) is 6.20 Å². The molecule has 5 heteroatoms. The fraction of sp³-hybridized carbons (Fsp3) is 0.137. The van der Waals surface area contributed by atoms with Crippen LogP contribution < -0.4 is 5.32 Å². The summed E-state index contributed by atoms with van der Waals surface area (Å²) in [5.41, 5.74) is 15.4. The maximum Gasteiger partial charge on any atom is 0.159 e. The topological polar surface area (TPSA) is 73.4 Å². The van der Waals surface area contributed by atoms with Crippen LogP contribution in [0.4, 0.5) is 0 Å². The zero-order chi connectivity index (χ0) is 37.5. The molecule has 5 nitrogen and oxygen atoms in total. The maximum absolute atomic E-state index is 9.81. The first-order chi connectivity index (χ1) is 27.7. The second kappa shape index (κ2) is 14.0. The Balaban J connectivity index is 0.986. The second-order valence-corrected chi connectivity index (χ2v) is 14.9. The third-order valence-corrected chi connectivity index (χ3v) is 11.7. The predicted octanol–water partition coefficient (Wildman–Crippen LogP) is 11.3. The molecule has 0 radical (unpaired) electrons. The van der Waals surface area contributed by atoms with E-state index in [1.807, 2.05) is 36.5 Å². The van der Waals surface area contributed by atoms with Crippen LogP contribution in [0.5, 0.6) is 0 Å². The Morgan fingerprint density at radius 2 is 1.39 bits per heavy atom. The Labute approximate surface area is 327 Å². The van der Waals surface area contributed by atoms with E-state index in [9.17, 15) is 5.26 Å². The molecule has 1 atom stereocenters. The molecule has 1 spiro atoms. The Morgan fingerprint density at radius 1 is 0.661 bits per heavy atom. The van der Waals surface area contributed by atoms with Crippen LogP contribution in [-0.2, 0) is 5.41 Å². The van der Waals surface area contributed by atoms with Crippen molar-refractivity contribution in [2.24, 2.45) is 9.98 Å². The minimum absolute atomic E-state index is 0.0634. The van der Waals surface area contributed by atoms with Gasteiger partial charge in [0.05, 0.1) is 11.6 Å². The molecule has 1 saturated carbocycles. The Morgan fingerprint density at radius 3 is 2.16 bits per heavy atom. The number of hydrogen-bond acceptors (Lipinski definition) is 5. The first-order valence-electron chi connectivity index (χ1n) is 19.4. The maximum atomic E-state index is 9.81.